The Balaban J connectivity index is 1.55. The average Bonchev–Trinajstić information content (AvgIpc) is 3.11. The standard InChI is InChI=1S/C22H26N4O4S2/c1-16-7-4-8-17(13-16)21-23-24-22(31)26(21)15-20(27)25(2)11-6-12-30-18-9-5-10-19(14-18)32(3,28)29/h4-5,7-10,13-14H,6,11-12,15H2,1-3H3,(H,24,31). The van der Waals surface area contributed by atoms with E-state index in [1.165, 1.54) is 12.1 Å². The number of hydrogen-bond donors (Lipinski definition) is 1. The topological polar surface area (TPSA) is 97.3 Å². The molecule has 32 heavy (non-hydrogen) atoms. The Bertz CT molecular complexity index is 1260. The number of benzene rings is 2. The monoisotopic (exact) mass is 474 g/mol. The van der Waals surface area contributed by atoms with E-state index in [2.05, 4.69) is 10.2 Å². The molecular weight excluding hydrogens is 448 g/mol. The minimum atomic E-state index is -3.29. The van der Waals surface area contributed by atoms with Gasteiger partial charge in [-0.1, -0.05) is 29.8 Å². The van der Waals surface area contributed by atoms with E-state index in [1.807, 2.05) is 31.2 Å². The number of sulfone groups is 1. The highest BCUT2D eigenvalue weighted by Crippen LogP contribution is 2.19. The van der Waals surface area contributed by atoms with Crippen LogP contribution in [0, 0.1) is 11.7 Å². The number of hydrogen-bond acceptors (Lipinski definition) is 6. The van der Waals surface area contributed by atoms with Crippen LogP contribution in [0.3, 0.4) is 0 Å². The van der Waals surface area contributed by atoms with E-state index < -0.39 is 9.84 Å². The van der Waals surface area contributed by atoms with E-state index in [1.54, 1.807) is 28.6 Å². The van der Waals surface area contributed by atoms with Crippen molar-refractivity contribution >= 4 is 28.0 Å². The zero-order chi connectivity index (χ0) is 23.3. The highest BCUT2D eigenvalue weighted by molar-refractivity contribution is 7.90. The molecule has 1 amide bonds. The van der Waals surface area contributed by atoms with Gasteiger partial charge in [0, 0.05) is 25.4 Å². The number of aryl methyl sites for hydroxylation is 1. The van der Waals surface area contributed by atoms with E-state index in [0.29, 0.717) is 35.9 Å². The third-order valence-electron chi connectivity index (χ3n) is 4.89. The lowest BCUT2D eigenvalue weighted by atomic mass is 10.1. The Labute approximate surface area is 192 Å². The summed E-state index contributed by atoms with van der Waals surface area (Å²) >= 11 is 5.32. The number of carbonyl (C=O) groups is 1. The first-order valence-electron chi connectivity index (χ1n) is 10.0. The van der Waals surface area contributed by atoms with Crippen LogP contribution in [0.15, 0.2) is 53.4 Å². The summed E-state index contributed by atoms with van der Waals surface area (Å²) in [5.41, 5.74) is 1.98. The van der Waals surface area contributed by atoms with Gasteiger partial charge >= 0.3 is 0 Å². The first kappa shape index (κ1) is 23.7. The molecule has 0 spiro atoms. The van der Waals surface area contributed by atoms with Gasteiger partial charge in [0.05, 0.1) is 11.5 Å². The molecule has 8 nitrogen and oxygen atoms in total. The zero-order valence-corrected chi connectivity index (χ0v) is 19.9. The van der Waals surface area contributed by atoms with Crippen molar-refractivity contribution in [2.45, 2.75) is 24.8 Å². The minimum Gasteiger partial charge on any atom is -0.493 e. The van der Waals surface area contributed by atoms with Gasteiger partial charge in [-0.2, -0.15) is 5.10 Å². The Morgan fingerprint density at radius 2 is 1.97 bits per heavy atom. The van der Waals surface area contributed by atoms with Gasteiger partial charge in [0.25, 0.3) is 0 Å². The highest BCUT2D eigenvalue weighted by atomic mass is 32.2. The minimum absolute atomic E-state index is 0.0758. The molecule has 0 aliphatic rings. The second-order valence-electron chi connectivity index (χ2n) is 7.57. The molecule has 0 aliphatic carbocycles. The quantitative estimate of drug-likeness (QED) is 0.378. The van der Waals surface area contributed by atoms with E-state index >= 15 is 0 Å². The maximum absolute atomic E-state index is 12.7. The largest absolute Gasteiger partial charge is 0.493 e. The van der Waals surface area contributed by atoms with Crippen molar-refractivity contribution in [3.05, 3.63) is 58.9 Å². The van der Waals surface area contributed by atoms with Crippen LogP contribution in [0.2, 0.25) is 0 Å². The molecule has 0 unspecified atom stereocenters. The SMILES string of the molecule is Cc1cccc(-c2n[nH]c(=S)n2CC(=O)N(C)CCCOc2cccc(S(C)(=O)=O)c2)c1. The molecule has 2 aromatic carbocycles. The maximum atomic E-state index is 12.7. The number of amides is 1. The van der Waals surface area contributed by atoms with Crippen LogP contribution in [0.5, 0.6) is 5.75 Å². The van der Waals surface area contributed by atoms with Gasteiger partial charge in [-0.3, -0.25) is 14.5 Å². The molecule has 0 fully saturated rings. The Kier molecular flexibility index (Phi) is 7.47. The van der Waals surface area contributed by atoms with Crippen molar-refractivity contribution in [1.82, 2.24) is 19.7 Å². The summed E-state index contributed by atoms with van der Waals surface area (Å²) < 4.78 is 31.0. The fraction of sp³-hybridized carbons (Fsp3) is 0.318. The molecule has 0 saturated carbocycles. The van der Waals surface area contributed by atoms with E-state index in [-0.39, 0.29) is 17.3 Å². The fourth-order valence-corrected chi connectivity index (χ4v) is 3.99. The van der Waals surface area contributed by atoms with Gasteiger partial charge in [-0.25, -0.2) is 8.42 Å². The van der Waals surface area contributed by atoms with Gasteiger partial charge in [0.2, 0.25) is 5.91 Å². The normalized spacial score (nSPS) is 11.3. The number of H-pyrrole nitrogens is 1. The van der Waals surface area contributed by atoms with Gasteiger partial charge in [-0.15, -0.1) is 0 Å². The van der Waals surface area contributed by atoms with Crippen molar-refractivity contribution in [3.63, 3.8) is 0 Å². The summed E-state index contributed by atoms with van der Waals surface area (Å²) in [5.74, 6) is 0.999. The maximum Gasteiger partial charge on any atom is 0.242 e. The van der Waals surface area contributed by atoms with E-state index in [4.69, 9.17) is 17.0 Å². The number of likely N-dealkylation sites (N-methyl/N-ethyl adjacent to an activating group) is 1. The lowest BCUT2D eigenvalue weighted by molar-refractivity contribution is -0.130. The molecular formula is C22H26N4O4S2. The lowest BCUT2D eigenvalue weighted by Crippen LogP contribution is -2.32. The molecule has 0 radical (unpaired) electrons. The molecule has 170 valence electrons. The summed E-state index contributed by atoms with van der Waals surface area (Å²) in [6.45, 7) is 2.90. The van der Waals surface area contributed by atoms with Crippen LogP contribution in [-0.2, 0) is 21.2 Å². The van der Waals surface area contributed by atoms with Crippen LogP contribution in [0.25, 0.3) is 11.4 Å². The predicted molar refractivity (Wildman–Crippen MR) is 125 cm³/mol. The lowest BCUT2D eigenvalue weighted by Gasteiger charge is -2.18. The smallest absolute Gasteiger partial charge is 0.242 e. The Morgan fingerprint density at radius 1 is 1.22 bits per heavy atom. The number of ether oxygens (including phenoxy) is 1. The fourth-order valence-electron chi connectivity index (χ4n) is 3.14. The third-order valence-corrected chi connectivity index (χ3v) is 6.32. The number of aromatic nitrogens is 3. The summed E-state index contributed by atoms with van der Waals surface area (Å²) in [7, 11) is -1.56. The zero-order valence-electron chi connectivity index (χ0n) is 18.2. The van der Waals surface area contributed by atoms with Gasteiger partial charge in [0.1, 0.15) is 12.3 Å². The predicted octanol–water partition coefficient (Wildman–Crippen LogP) is 3.25. The van der Waals surface area contributed by atoms with Crippen LogP contribution in [0.4, 0.5) is 0 Å². The van der Waals surface area contributed by atoms with Gasteiger partial charge in [-0.05, 0) is 49.8 Å². The molecule has 1 heterocycles. The van der Waals surface area contributed by atoms with Crippen molar-refractivity contribution in [2.75, 3.05) is 26.5 Å². The summed E-state index contributed by atoms with van der Waals surface area (Å²) in [5, 5.41) is 7.05. The molecule has 1 N–H and O–H groups in total. The second-order valence-corrected chi connectivity index (χ2v) is 9.97. The van der Waals surface area contributed by atoms with Gasteiger partial charge in [0.15, 0.2) is 20.4 Å². The van der Waals surface area contributed by atoms with Crippen LogP contribution in [-0.4, -0.2) is 60.4 Å². The van der Waals surface area contributed by atoms with Crippen molar-refractivity contribution in [2.24, 2.45) is 0 Å². The summed E-state index contributed by atoms with van der Waals surface area (Å²) in [4.78, 5) is 14.6. The first-order chi connectivity index (χ1) is 15.1. The molecule has 3 rings (SSSR count). The molecule has 1 aromatic heterocycles. The van der Waals surface area contributed by atoms with Crippen molar-refractivity contribution in [1.29, 1.82) is 0 Å². The van der Waals surface area contributed by atoms with Crippen molar-refractivity contribution in [3.8, 4) is 17.1 Å². The number of aromatic amines is 1. The molecule has 10 heteroatoms. The number of carbonyl (C=O) groups excluding carboxylic acids is 1. The molecule has 0 aliphatic heterocycles. The van der Waals surface area contributed by atoms with Crippen LogP contribution in [0.1, 0.15) is 12.0 Å². The number of nitrogens with one attached hydrogen (secondary N) is 1. The van der Waals surface area contributed by atoms with Crippen molar-refractivity contribution < 1.29 is 17.9 Å². The van der Waals surface area contributed by atoms with Crippen LogP contribution >= 0.6 is 12.2 Å². The summed E-state index contributed by atoms with van der Waals surface area (Å²) in [6, 6.07) is 14.2. The van der Waals surface area contributed by atoms with E-state index in [9.17, 15) is 13.2 Å². The molecule has 3 aromatic rings. The Hall–Kier alpha value is -2.98. The Morgan fingerprint density at radius 3 is 2.69 bits per heavy atom. The first-order valence-corrected chi connectivity index (χ1v) is 12.3. The number of rotatable bonds is 9. The van der Waals surface area contributed by atoms with Crippen LogP contribution < -0.4 is 4.74 Å². The molecule has 0 bridgehead atoms. The number of nitrogens with zero attached hydrogens (tertiary/aromatic N) is 3. The summed E-state index contributed by atoms with van der Waals surface area (Å²) in [6.07, 6.45) is 1.75. The average molecular weight is 475 g/mol. The van der Waals surface area contributed by atoms with E-state index in [0.717, 1.165) is 17.4 Å². The molecule has 0 atom stereocenters. The molecule has 0 saturated heterocycles. The highest BCUT2D eigenvalue weighted by Gasteiger charge is 2.15. The van der Waals surface area contributed by atoms with Gasteiger partial charge < -0.3 is 9.64 Å². The second kappa shape index (κ2) is 10.1. The third kappa shape index (κ3) is 6.04.